The fourth-order valence-electron chi connectivity index (χ4n) is 1.89. The Balaban J connectivity index is 1.78. The molecule has 0 atom stereocenters. The van der Waals surface area contributed by atoms with Gasteiger partial charge in [-0.05, 0) is 6.92 Å². The van der Waals surface area contributed by atoms with Crippen LogP contribution in [0.15, 0.2) is 10.9 Å². The molecular weight excluding hydrogens is 266 g/mol. The minimum absolute atomic E-state index is 0.0573. The van der Waals surface area contributed by atoms with Gasteiger partial charge in [-0.15, -0.1) is 0 Å². The van der Waals surface area contributed by atoms with Gasteiger partial charge in [0.1, 0.15) is 5.82 Å². The fraction of sp³-hybridized carbons (Fsp3) is 0.667. The number of hydrogen-bond donors (Lipinski definition) is 2. The van der Waals surface area contributed by atoms with E-state index in [4.69, 9.17) is 0 Å². The Kier molecular flexibility index (Phi) is 5.59. The number of aromatic amines is 1. The van der Waals surface area contributed by atoms with Gasteiger partial charge in [0.15, 0.2) is 0 Å². The highest BCUT2D eigenvalue weighted by Gasteiger charge is 2.11. The topological polar surface area (TPSA) is 57.8 Å². The Morgan fingerprint density at radius 3 is 2.83 bits per heavy atom. The molecule has 1 aliphatic rings. The van der Waals surface area contributed by atoms with E-state index in [0.717, 1.165) is 24.5 Å². The fourth-order valence-corrected chi connectivity index (χ4v) is 4.35. The first-order valence-electron chi connectivity index (χ1n) is 6.20. The Morgan fingerprint density at radius 1 is 1.44 bits per heavy atom. The summed E-state index contributed by atoms with van der Waals surface area (Å²) >= 11 is 4.04. The second kappa shape index (κ2) is 7.21. The molecule has 0 aromatic carbocycles. The molecule has 0 bridgehead atoms. The zero-order valence-electron chi connectivity index (χ0n) is 10.6. The van der Waals surface area contributed by atoms with Gasteiger partial charge in [0.05, 0.1) is 0 Å². The number of nitrogens with zero attached hydrogens (tertiary/aromatic N) is 1. The lowest BCUT2D eigenvalue weighted by Crippen LogP contribution is -2.35. The van der Waals surface area contributed by atoms with Gasteiger partial charge in [-0.3, -0.25) is 4.79 Å². The number of hydrogen-bond acceptors (Lipinski definition) is 5. The first-order valence-corrected chi connectivity index (χ1v) is 8.51. The van der Waals surface area contributed by atoms with Crippen molar-refractivity contribution in [3.63, 3.8) is 0 Å². The minimum atomic E-state index is -0.0573. The predicted octanol–water partition coefficient (Wildman–Crippen LogP) is 1.06. The van der Waals surface area contributed by atoms with Crippen LogP contribution in [0.5, 0.6) is 0 Å². The monoisotopic (exact) mass is 285 g/mol. The molecule has 1 aromatic rings. The lowest BCUT2D eigenvalue weighted by Gasteiger charge is -2.14. The highest BCUT2D eigenvalue weighted by Crippen LogP contribution is 2.16. The molecule has 1 aromatic heterocycles. The Labute approximate surface area is 116 Å². The van der Waals surface area contributed by atoms with Crippen LogP contribution < -0.4 is 10.9 Å². The second-order valence-electron chi connectivity index (χ2n) is 4.38. The molecule has 0 saturated carbocycles. The number of aryl methyl sites for hydroxylation is 1. The molecule has 0 aliphatic carbocycles. The van der Waals surface area contributed by atoms with E-state index < -0.39 is 0 Å². The van der Waals surface area contributed by atoms with Crippen molar-refractivity contribution in [2.75, 3.05) is 29.6 Å². The highest BCUT2D eigenvalue weighted by atomic mass is 32.2. The number of thioether (sulfide) groups is 2. The molecule has 2 heterocycles. The van der Waals surface area contributed by atoms with Crippen molar-refractivity contribution < 1.29 is 0 Å². The van der Waals surface area contributed by atoms with Crippen molar-refractivity contribution in [1.82, 2.24) is 15.3 Å². The maximum Gasteiger partial charge on any atom is 0.251 e. The number of nitrogens with one attached hydrogen (secondary N) is 2. The van der Waals surface area contributed by atoms with Crippen molar-refractivity contribution in [1.29, 1.82) is 0 Å². The summed E-state index contributed by atoms with van der Waals surface area (Å²) in [5, 5.41) is 3.55. The standard InChI is InChI=1S/C12H19N3OS2/c1-9-6-12(16)15-11(14-9)2-3-13-10-7-17-4-5-18-8-10/h6,10,13H,2-5,7-8H2,1H3,(H,14,15,16). The number of H-pyrrole nitrogens is 1. The smallest absolute Gasteiger partial charge is 0.251 e. The largest absolute Gasteiger partial charge is 0.312 e. The average molecular weight is 285 g/mol. The molecule has 1 fully saturated rings. The predicted molar refractivity (Wildman–Crippen MR) is 79.7 cm³/mol. The van der Waals surface area contributed by atoms with Gasteiger partial charge in [0, 0.05) is 53.8 Å². The maximum absolute atomic E-state index is 11.3. The number of rotatable bonds is 4. The van der Waals surface area contributed by atoms with E-state index in [1.165, 1.54) is 29.1 Å². The zero-order valence-corrected chi connectivity index (χ0v) is 12.2. The van der Waals surface area contributed by atoms with Crippen LogP contribution in [0.3, 0.4) is 0 Å². The van der Waals surface area contributed by atoms with Crippen LogP contribution in [-0.2, 0) is 6.42 Å². The van der Waals surface area contributed by atoms with Crippen molar-refractivity contribution in [3.05, 3.63) is 27.9 Å². The number of aromatic nitrogens is 2. The van der Waals surface area contributed by atoms with Crippen LogP contribution in [0, 0.1) is 6.92 Å². The second-order valence-corrected chi connectivity index (χ2v) is 6.68. The molecule has 2 N–H and O–H groups in total. The summed E-state index contributed by atoms with van der Waals surface area (Å²) in [6.45, 7) is 2.73. The third-order valence-corrected chi connectivity index (χ3v) is 5.24. The van der Waals surface area contributed by atoms with E-state index in [1.54, 1.807) is 0 Å². The summed E-state index contributed by atoms with van der Waals surface area (Å²) in [5.74, 6) is 5.67. The summed E-state index contributed by atoms with van der Waals surface area (Å²) in [7, 11) is 0. The molecule has 2 rings (SSSR count). The molecule has 0 radical (unpaired) electrons. The van der Waals surface area contributed by atoms with Crippen LogP contribution in [0.2, 0.25) is 0 Å². The van der Waals surface area contributed by atoms with Gasteiger partial charge in [-0.1, -0.05) is 0 Å². The van der Waals surface area contributed by atoms with E-state index in [2.05, 4.69) is 15.3 Å². The Morgan fingerprint density at radius 2 is 2.17 bits per heavy atom. The third-order valence-electron chi connectivity index (χ3n) is 2.72. The van der Waals surface area contributed by atoms with E-state index >= 15 is 0 Å². The van der Waals surface area contributed by atoms with Gasteiger partial charge >= 0.3 is 0 Å². The summed E-state index contributed by atoms with van der Waals surface area (Å²) < 4.78 is 0. The van der Waals surface area contributed by atoms with Crippen molar-refractivity contribution in [2.45, 2.75) is 19.4 Å². The highest BCUT2D eigenvalue weighted by molar-refractivity contribution is 8.03. The van der Waals surface area contributed by atoms with Crippen molar-refractivity contribution in [2.24, 2.45) is 0 Å². The van der Waals surface area contributed by atoms with Gasteiger partial charge in [-0.25, -0.2) is 4.98 Å². The van der Waals surface area contributed by atoms with Gasteiger partial charge in [-0.2, -0.15) is 23.5 Å². The minimum Gasteiger partial charge on any atom is -0.312 e. The first kappa shape index (κ1) is 14.0. The summed E-state index contributed by atoms with van der Waals surface area (Å²) in [4.78, 5) is 18.4. The molecule has 100 valence electrons. The molecule has 0 spiro atoms. The van der Waals surface area contributed by atoms with Crippen LogP contribution >= 0.6 is 23.5 Å². The van der Waals surface area contributed by atoms with E-state index in [-0.39, 0.29) is 5.56 Å². The quantitative estimate of drug-likeness (QED) is 0.866. The van der Waals surface area contributed by atoms with E-state index in [0.29, 0.717) is 6.04 Å². The molecule has 1 saturated heterocycles. The molecule has 6 heteroatoms. The van der Waals surface area contributed by atoms with Crippen LogP contribution in [0.4, 0.5) is 0 Å². The first-order chi connectivity index (χ1) is 8.74. The molecule has 0 unspecified atom stereocenters. The molecular formula is C12H19N3OS2. The Bertz CT molecular complexity index is 428. The maximum atomic E-state index is 11.3. The van der Waals surface area contributed by atoms with Crippen LogP contribution in [0.25, 0.3) is 0 Å². The van der Waals surface area contributed by atoms with E-state index in [1.807, 2.05) is 30.4 Å². The average Bonchev–Trinajstić information content (AvgIpc) is 2.56. The van der Waals surface area contributed by atoms with Crippen molar-refractivity contribution >= 4 is 23.5 Å². The lowest BCUT2D eigenvalue weighted by atomic mass is 10.3. The van der Waals surface area contributed by atoms with Crippen molar-refractivity contribution in [3.8, 4) is 0 Å². The van der Waals surface area contributed by atoms with Gasteiger partial charge < -0.3 is 10.3 Å². The normalized spacial score (nSPS) is 17.6. The molecule has 4 nitrogen and oxygen atoms in total. The summed E-state index contributed by atoms with van der Waals surface area (Å²) in [6.07, 6.45) is 0.781. The van der Waals surface area contributed by atoms with Gasteiger partial charge in [0.2, 0.25) is 0 Å². The summed E-state index contributed by atoms with van der Waals surface area (Å²) in [6, 6.07) is 2.11. The van der Waals surface area contributed by atoms with Crippen LogP contribution in [-0.4, -0.2) is 45.6 Å². The summed E-state index contributed by atoms with van der Waals surface area (Å²) in [5.41, 5.74) is 0.729. The zero-order chi connectivity index (χ0) is 12.8. The SMILES string of the molecule is Cc1cc(=O)[nH]c(CCNC2CSCCSC2)n1. The third kappa shape index (κ3) is 4.66. The lowest BCUT2D eigenvalue weighted by molar-refractivity contribution is 0.595. The molecule has 1 aliphatic heterocycles. The van der Waals surface area contributed by atoms with Crippen LogP contribution in [0.1, 0.15) is 11.5 Å². The molecule has 0 amide bonds. The Hall–Kier alpha value is -0.460. The van der Waals surface area contributed by atoms with Gasteiger partial charge in [0.25, 0.3) is 5.56 Å². The molecule has 18 heavy (non-hydrogen) atoms. The van der Waals surface area contributed by atoms with E-state index in [9.17, 15) is 4.79 Å².